The maximum Gasteiger partial charge on any atom is 0.494 e. The standard InChI is InChI=1S/C24H37BN2O4S/c1-16(26-32(28,29)18-10-11-18)20-14-27(15-22(2,3)4)21-13-17(9-12-19(20)21)25-30-23(5,6)24(7,8)31-25/h9,12-14,16,18,26H,10-11,15H2,1-8H3. The maximum atomic E-state index is 12.5. The summed E-state index contributed by atoms with van der Waals surface area (Å²) in [5.41, 5.74) is 2.30. The van der Waals surface area contributed by atoms with Crippen molar-refractivity contribution in [3.63, 3.8) is 0 Å². The van der Waals surface area contributed by atoms with Gasteiger partial charge in [-0.15, -0.1) is 0 Å². The minimum absolute atomic E-state index is 0.0698. The molecule has 2 fully saturated rings. The van der Waals surface area contributed by atoms with Gasteiger partial charge < -0.3 is 13.9 Å². The van der Waals surface area contributed by atoms with Crippen LogP contribution in [0, 0.1) is 5.41 Å². The number of hydrogen-bond acceptors (Lipinski definition) is 4. The van der Waals surface area contributed by atoms with E-state index in [4.69, 9.17) is 9.31 Å². The molecule has 1 N–H and O–H groups in total. The van der Waals surface area contributed by atoms with Crippen LogP contribution >= 0.6 is 0 Å². The molecule has 2 heterocycles. The lowest BCUT2D eigenvalue weighted by Gasteiger charge is -2.32. The van der Waals surface area contributed by atoms with Gasteiger partial charge in [0, 0.05) is 29.7 Å². The van der Waals surface area contributed by atoms with Gasteiger partial charge in [0.05, 0.1) is 16.5 Å². The van der Waals surface area contributed by atoms with Gasteiger partial charge in [-0.05, 0) is 70.0 Å². The van der Waals surface area contributed by atoms with Gasteiger partial charge in [-0.3, -0.25) is 0 Å². The van der Waals surface area contributed by atoms with E-state index in [-0.39, 0.29) is 16.7 Å². The summed E-state index contributed by atoms with van der Waals surface area (Å²) in [7, 11) is -3.71. The van der Waals surface area contributed by atoms with Gasteiger partial charge in [-0.1, -0.05) is 32.9 Å². The molecule has 0 amide bonds. The number of nitrogens with zero attached hydrogens (tertiary/aromatic N) is 1. The minimum atomic E-state index is -3.28. The van der Waals surface area contributed by atoms with Crippen molar-refractivity contribution in [2.45, 2.75) is 97.3 Å². The van der Waals surface area contributed by atoms with Crippen molar-refractivity contribution in [2.75, 3.05) is 0 Å². The molecule has 8 heteroatoms. The number of sulfonamides is 1. The first-order valence-corrected chi connectivity index (χ1v) is 13.1. The summed E-state index contributed by atoms with van der Waals surface area (Å²) in [6.07, 6.45) is 3.61. The summed E-state index contributed by atoms with van der Waals surface area (Å²) in [6.45, 7) is 17.6. The van der Waals surface area contributed by atoms with E-state index in [0.29, 0.717) is 0 Å². The van der Waals surface area contributed by atoms with Gasteiger partial charge in [-0.25, -0.2) is 13.1 Å². The SMILES string of the molecule is CC(NS(=O)(=O)C1CC1)c1cn(CC(C)(C)C)c2cc(B3OC(C)(C)C(C)(C)O3)ccc12. The Bertz CT molecular complexity index is 1110. The summed E-state index contributed by atoms with van der Waals surface area (Å²) < 4.78 is 42.8. The predicted molar refractivity (Wildman–Crippen MR) is 131 cm³/mol. The minimum Gasteiger partial charge on any atom is -0.399 e. The first-order chi connectivity index (χ1) is 14.6. The number of rotatable bonds is 6. The quantitative estimate of drug-likeness (QED) is 0.659. The van der Waals surface area contributed by atoms with Crippen molar-refractivity contribution < 1.29 is 17.7 Å². The van der Waals surface area contributed by atoms with Gasteiger partial charge in [-0.2, -0.15) is 0 Å². The van der Waals surface area contributed by atoms with Crippen LogP contribution in [0.5, 0.6) is 0 Å². The highest BCUT2D eigenvalue weighted by Crippen LogP contribution is 2.37. The Kier molecular flexibility index (Phi) is 5.64. The fourth-order valence-electron chi connectivity index (χ4n) is 4.23. The third kappa shape index (κ3) is 4.52. The van der Waals surface area contributed by atoms with E-state index in [1.54, 1.807) is 0 Å². The van der Waals surface area contributed by atoms with Crippen LogP contribution in [-0.2, 0) is 25.9 Å². The fourth-order valence-corrected chi connectivity index (χ4v) is 5.80. The highest BCUT2D eigenvalue weighted by atomic mass is 32.2. The summed E-state index contributed by atoms with van der Waals surface area (Å²) >= 11 is 0. The van der Waals surface area contributed by atoms with Gasteiger partial charge in [0.1, 0.15) is 0 Å². The molecule has 1 aromatic heterocycles. The Balaban J connectivity index is 1.73. The Labute approximate surface area is 193 Å². The van der Waals surface area contributed by atoms with E-state index < -0.39 is 28.3 Å². The molecule has 0 radical (unpaired) electrons. The lowest BCUT2D eigenvalue weighted by molar-refractivity contribution is 0.00578. The summed E-state index contributed by atoms with van der Waals surface area (Å²) in [4.78, 5) is 0. The predicted octanol–water partition coefficient (Wildman–Crippen LogP) is 4.13. The van der Waals surface area contributed by atoms with Crippen LogP contribution in [0.2, 0.25) is 0 Å². The Morgan fingerprint density at radius 2 is 1.75 bits per heavy atom. The van der Waals surface area contributed by atoms with Crippen LogP contribution in [0.25, 0.3) is 10.9 Å². The lowest BCUT2D eigenvalue weighted by atomic mass is 9.78. The number of benzene rings is 1. The second-order valence-electron chi connectivity index (χ2n) is 11.7. The highest BCUT2D eigenvalue weighted by Gasteiger charge is 2.51. The molecule has 1 aliphatic carbocycles. The van der Waals surface area contributed by atoms with E-state index in [1.165, 1.54) is 0 Å². The third-order valence-electron chi connectivity index (χ3n) is 6.88. The van der Waals surface area contributed by atoms with Gasteiger partial charge >= 0.3 is 7.12 Å². The second kappa shape index (κ2) is 7.59. The Hall–Kier alpha value is -1.35. The average molecular weight is 460 g/mol. The molecule has 4 rings (SSSR count). The fraction of sp³-hybridized carbons (Fsp3) is 0.667. The van der Waals surface area contributed by atoms with Crippen molar-refractivity contribution in [1.29, 1.82) is 0 Å². The molecular formula is C24H37BN2O4S. The van der Waals surface area contributed by atoms with Gasteiger partial charge in [0.2, 0.25) is 10.0 Å². The van der Waals surface area contributed by atoms with Crippen LogP contribution in [0.3, 0.4) is 0 Å². The number of hydrogen-bond donors (Lipinski definition) is 1. The van der Waals surface area contributed by atoms with Crippen molar-refractivity contribution in [2.24, 2.45) is 5.41 Å². The van der Waals surface area contributed by atoms with Crippen LogP contribution in [-0.4, -0.2) is 36.6 Å². The van der Waals surface area contributed by atoms with Crippen molar-refractivity contribution in [3.05, 3.63) is 30.0 Å². The van der Waals surface area contributed by atoms with Gasteiger partial charge in [0.15, 0.2) is 0 Å². The molecule has 1 saturated carbocycles. The van der Waals surface area contributed by atoms with Crippen molar-refractivity contribution in [1.82, 2.24) is 9.29 Å². The zero-order chi connectivity index (χ0) is 23.7. The molecule has 2 aliphatic rings. The van der Waals surface area contributed by atoms with E-state index in [0.717, 1.165) is 41.3 Å². The van der Waals surface area contributed by atoms with Crippen LogP contribution in [0.1, 0.15) is 79.8 Å². The van der Waals surface area contributed by atoms with Crippen LogP contribution in [0.15, 0.2) is 24.4 Å². The molecule has 1 atom stereocenters. The smallest absolute Gasteiger partial charge is 0.399 e. The molecule has 0 spiro atoms. The lowest BCUT2D eigenvalue weighted by Crippen LogP contribution is -2.41. The number of aromatic nitrogens is 1. The summed E-state index contributed by atoms with van der Waals surface area (Å²) in [5.74, 6) is 0. The van der Waals surface area contributed by atoms with Crippen LogP contribution < -0.4 is 10.2 Å². The van der Waals surface area contributed by atoms with Crippen molar-refractivity contribution >= 4 is 33.5 Å². The molecule has 1 unspecified atom stereocenters. The maximum absolute atomic E-state index is 12.5. The van der Waals surface area contributed by atoms with Gasteiger partial charge in [0.25, 0.3) is 0 Å². The molecule has 1 saturated heterocycles. The number of fused-ring (bicyclic) bond motifs is 1. The van der Waals surface area contributed by atoms with E-state index in [1.807, 2.05) is 13.0 Å². The highest BCUT2D eigenvalue weighted by molar-refractivity contribution is 7.90. The topological polar surface area (TPSA) is 69.6 Å². The zero-order valence-electron chi connectivity index (χ0n) is 20.7. The van der Waals surface area contributed by atoms with Crippen molar-refractivity contribution in [3.8, 4) is 0 Å². The second-order valence-corrected chi connectivity index (χ2v) is 13.7. The molecule has 176 valence electrons. The number of nitrogens with one attached hydrogen (secondary N) is 1. The Morgan fingerprint density at radius 3 is 2.28 bits per heavy atom. The largest absolute Gasteiger partial charge is 0.494 e. The third-order valence-corrected chi connectivity index (χ3v) is 8.91. The normalized spacial score (nSPS) is 21.9. The van der Waals surface area contributed by atoms with E-state index >= 15 is 0 Å². The molecule has 6 nitrogen and oxygen atoms in total. The Morgan fingerprint density at radius 1 is 1.16 bits per heavy atom. The average Bonchev–Trinajstić information content (AvgIpc) is 3.39. The molecule has 2 aromatic rings. The first-order valence-electron chi connectivity index (χ1n) is 11.6. The van der Waals surface area contributed by atoms with Crippen LogP contribution in [0.4, 0.5) is 0 Å². The van der Waals surface area contributed by atoms with E-state index in [2.05, 4.69) is 76.1 Å². The first kappa shape index (κ1) is 23.8. The summed E-state index contributed by atoms with van der Waals surface area (Å²) in [6, 6.07) is 5.95. The molecule has 1 aliphatic heterocycles. The molecular weight excluding hydrogens is 423 g/mol. The van der Waals surface area contributed by atoms with E-state index in [9.17, 15) is 8.42 Å². The summed E-state index contributed by atoms with van der Waals surface area (Å²) in [5, 5.41) is 0.823. The monoisotopic (exact) mass is 460 g/mol. The molecule has 1 aromatic carbocycles. The zero-order valence-corrected chi connectivity index (χ0v) is 21.5. The molecule has 0 bridgehead atoms. The molecule has 32 heavy (non-hydrogen) atoms.